The molecule has 1 aromatic carbocycles. The molecule has 3 N–H and O–H groups in total. The molecule has 4 nitrogen and oxygen atoms in total. The Morgan fingerprint density at radius 1 is 1.43 bits per heavy atom. The summed E-state index contributed by atoms with van der Waals surface area (Å²) in [6, 6.07) is 4.44. The van der Waals surface area contributed by atoms with Crippen LogP contribution in [0.25, 0.3) is 0 Å². The summed E-state index contributed by atoms with van der Waals surface area (Å²) in [4.78, 5) is 10.7. The Kier molecular flexibility index (Phi) is 2.67. The SMILES string of the molecule is CP(C)(=O)c1ccc(N)c(C(=O)O)c1. The van der Waals surface area contributed by atoms with Gasteiger partial charge in [-0.05, 0) is 31.5 Å². The molecule has 0 fully saturated rings. The molecule has 14 heavy (non-hydrogen) atoms. The van der Waals surface area contributed by atoms with Crippen LogP contribution in [-0.2, 0) is 4.57 Å². The van der Waals surface area contributed by atoms with Gasteiger partial charge >= 0.3 is 5.97 Å². The predicted octanol–water partition coefficient (Wildman–Crippen LogP) is 1.22. The molecular weight excluding hydrogens is 201 g/mol. The quantitative estimate of drug-likeness (QED) is 0.571. The van der Waals surface area contributed by atoms with Crippen molar-refractivity contribution >= 4 is 24.1 Å². The molecule has 0 aliphatic carbocycles. The highest BCUT2D eigenvalue weighted by Crippen LogP contribution is 2.35. The van der Waals surface area contributed by atoms with Gasteiger partial charge in [-0.2, -0.15) is 0 Å². The average Bonchev–Trinajstić information content (AvgIpc) is 2.02. The molecule has 0 radical (unpaired) electrons. The van der Waals surface area contributed by atoms with Crippen LogP contribution in [0.5, 0.6) is 0 Å². The summed E-state index contributed by atoms with van der Waals surface area (Å²) in [5, 5.41) is 9.32. The number of benzene rings is 1. The van der Waals surface area contributed by atoms with Gasteiger partial charge in [0.25, 0.3) is 0 Å². The number of hydrogen-bond acceptors (Lipinski definition) is 3. The largest absolute Gasteiger partial charge is 0.478 e. The van der Waals surface area contributed by atoms with Gasteiger partial charge in [0, 0.05) is 11.0 Å². The van der Waals surface area contributed by atoms with Gasteiger partial charge in [-0.1, -0.05) is 0 Å². The lowest BCUT2D eigenvalue weighted by Gasteiger charge is -2.08. The number of anilines is 1. The van der Waals surface area contributed by atoms with Crippen molar-refractivity contribution in [2.45, 2.75) is 0 Å². The lowest BCUT2D eigenvalue weighted by atomic mass is 10.2. The van der Waals surface area contributed by atoms with Gasteiger partial charge in [0.1, 0.15) is 7.14 Å². The summed E-state index contributed by atoms with van der Waals surface area (Å²) >= 11 is 0. The van der Waals surface area contributed by atoms with Crippen molar-refractivity contribution < 1.29 is 14.5 Å². The van der Waals surface area contributed by atoms with Gasteiger partial charge in [-0.25, -0.2) is 4.79 Å². The summed E-state index contributed by atoms with van der Waals surface area (Å²) in [7, 11) is -2.42. The Labute approximate surface area is 82.1 Å². The van der Waals surface area contributed by atoms with Crippen molar-refractivity contribution in [2.24, 2.45) is 0 Å². The van der Waals surface area contributed by atoms with Crippen molar-refractivity contribution in [3.63, 3.8) is 0 Å². The molecule has 0 aliphatic heterocycles. The zero-order chi connectivity index (χ0) is 10.9. The Bertz CT molecular complexity index is 422. The fraction of sp³-hybridized carbons (Fsp3) is 0.222. The van der Waals surface area contributed by atoms with E-state index >= 15 is 0 Å². The fourth-order valence-electron chi connectivity index (χ4n) is 1.06. The van der Waals surface area contributed by atoms with Gasteiger partial charge in [0.05, 0.1) is 5.56 Å². The Morgan fingerprint density at radius 2 is 2.00 bits per heavy atom. The van der Waals surface area contributed by atoms with Crippen molar-refractivity contribution in [1.29, 1.82) is 0 Å². The highest BCUT2D eigenvalue weighted by atomic mass is 31.2. The summed E-state index contributed by atoms with van der Waals surface area (Å²) < 4.78 is 11.7. The molecule has 76 valence electrons. The molecule has 0 bridgehead atoms. The number of carbonyl (C=O) groups is 1. The van der Waals surface area contributed by atoms with Crippen LogP contribution in [0, 0.1) is 0 Å². The molecule has 0 aromatic heterocycles. The highest BCUT2D eigenvalue weighted by Gasteiger charge is 2.15. The van der Waals surface area contributed by atoms with Gasteiger partial charge < -0.3 is 15.4 Å². The monoisotopic (exact) mass is 213 g/mol. The molecule has 0 saturated carbocycles. The summed E-state index contributed by atoms with van der Waals surface area (Å²) in [5.41, 5.74) is 5.66. The van der Waals surface area contributed by atoms with Crippen molar-refractivity contribution in [1.82, 2.24) is 0 Å². The first-order chi connectivity index (χ1) is 6.32. The van der Waals surface area contributed by atoms with Crippen molar-refractivity contribution in [2.75, 3.05) is 19.1 Å². The van der Waals surface area contributed by atoms with Gasteiger partial charge in [-0.15, -0.1) is 0 Å². The van der Waals surface area contributed by atoms with Gasteiger partial charge in [0.2, 0.25) is 0 Å². The second-order valence-electron chi connectivity index (χ2n) is 3.43. The molecule has 5 heteroatoms. The Balaban J connectivity index is 3.34. The highest BCUT2D eigenvalue weighted by molar-refractivity contribution is 7.70. The molecule has 1 aromatic rings. The number of nitrogens with two attached hydrogens (primary N) is 1. The maximum atomic E-state index is 11.7. The summed E-state index contributed by atoms with van der Waals surface area (Å²) in [6.07, 6.45) is 0. The third-order valence-electron chi connectivity index (χ3n) is 1.89. The fourth-order valence-corrected chi connectivity index (χ4v) is 1.94. The van der Waals surface area contributed by atoms with Crippen LogP contribution in [0.4, 0.5) is 5.69 Å². The van der Waals surface area contributed by atoms with E-state index in [1.54, 1.807) is 19.4 Å². The molecule has 0 atom stereocenters. The maximum Gasteiger partial charge on any atom is 0.337 e. The first-order valence-electron chi connectivity index (χ1n) is 4.01. The van der Waals surface area contributed by atoms with Crippen LogP contribution in [0.3, 0.4) is 0 Å². The van der Waals surface area contributed by atoms with E-state index in [2.05, 4.69) is 0 Å². The Hall–Kier alpha value is -1.28. The first kappa shape index (κ1) is 10.8. The van der Waals surface area contributed by atoms with Crippen LogP contribution < -0.4 is 11.0 Å². The van der Waals surface area contributed by atoms with E-state index in [0.717, 1.165) is 0 Å². The minimum Gasteiger partial charge on any atom is -0.478 e. The number of nitrogen functional groups attached to an aromatic ring is 1. The van der Waals surface area contributed by atoms with Crippen LogP contribution in [0.15, 0.2) is 18.2 Å². The second-order valence-corrected chi connectivity index (χ2v) is 6.65. The molecule has 0 spiro atoms. The lowest BCUT2D eigenvalue weighted by Crippen LogP contribution is -2.10. The third-order valence-corrected chi connectivity index (χ3v) is 3.41. The molecule has 0 unspecified atom stereocenters. The number of rotatable bonds is 2. The standard InChI is InChI=1S/C9H12NO3P/c1-14(2,13)6-3-4-8(10)7(5-6)9(11)12/h3-5H,10H2,1-2H3,(H,11,12). The Morgan fingerprint density at radius 3 is 2.43 bits per heavy atom. The lowest BCUT2D eigenvalue weighted by molar-refractivity contribution is 0.0698. The minimum absolute atomic E-state index is 0.00595. The van der Waals surface area contributed by atoms with E-state index in [4.69, 9.17) is 10.8 Å². The van der Waals surface area contributed by atoms with Gasteiger partial charge in [-0.3, -0.25) is 0 Å². The molecule has 0 heterocycles. The van der Waals surface area contributed by atoms with E-state index in [1.807, 2.05) is 0 Å². The van der Waals surface area contributed by atoms with Crippen molar-refractivity contribution in [3.05, 3.63) is 23.8 Å². The van der Waals surface area contributed by atoms with E-state index in [9.17, 15) is 9.36 Å². The predicted molar refractivity (Wildman–Crippen MR) is 56.9 cm³/mol. The summed E-state index contributed by atoms with van der Waals surface area (Å²) in [6.45, 7) is 3.17. The first-order valence-corrected chi connectivity index (χ1v) is 6.61. The number of carboxylic acids is 1. The van der Waals surface area contributed by atoms with E-state index in [-0.39, 0.29) is 11.3 Å². The molecule has 0 amide bonds. The van der Waals surface area contributed by atoms with Gasteiger partial charge in [0.15, 0.2) is 0 Å². The zero-order valence-electron chi connectivity index (χ0n) is 8.02. The van der Waals surface area contributed by atoms with Crippen LogP contribution in [0.2, 0.25) is 0 Å². The molecule has 0 aliphatic rings. The molecular formula is C9H12NO3P. The maximum absolute atomic E-state index is 11.7. The van der Waals surface area contributed by atoms with Crippen LogP contribution >= 0.6 is 7.14 Å². The average molecular weight is 213 g/mol. The normalized spacial score (nSPS) is 11.3. The number of hydrogen-bond donors (Lipinski definition) is 2. The number of aromatic carboxylic acids is 1. The van der Waals surface area contributed by atoms with Crippen LogP contribution in [-0.4, -0.2) is 24.4 Å². The van der Waals surface area contributed by atoms with E-state index < -0.39 is 13.1 Å². The van der Waals surface area contributed by atoms with Crippen molar-refractivity contribution in [3.8, 4) is 0 Å². The number of carboxylic acid groups (broad SMARTS) is 1. The summed E-state index contributed by atoms with van der Waals surface area (Å²) in [5.74, 6) is -1.10. The van der Waals surface area contributed by atoms with Crippen LogP contribution in [0.1, 0.15) is 10.4 Å². The third kappa shape index (κ3) is 2.15. The smallest absolute Gasteiger partial charge is 0.337 e. The van der Waals surface area contributed by atoms with E-state index in [0.29, 0.717) is 5.30 Å². The topological polar surface area (TPSA) is 80.4 Å². The minimum atomic E-state index is -2.42. The molecule has 0 saturated heterocycles. The second kappa shape index (κ2) is 3.46. The molecule has 1 rings (SSSR count). The zero-order valence-corrected chi connectivity index (χ0v) is 8.91. The van der Waals surface area contributed by atoms with E-state index in [1.165, 1.54) is 12.1 Å².